The van der Waals surface area contributed by atoms with E-state index in [1.165, 1.54) is 18.2 Å². The van der Waals surface area contributed by atoms with Gasteiger partial charge in [-0.25, -0.2) is 4.79 Å². The lowest BCUT2D eigenvalue weighted by Gasteiger charge is -2.12. The zero-order chi connectivity index (χ0) is 20.1. The maximum Gasteiger partial charge on any atom is 0.433 e. The van der Waals surface area contributed by atoms with Crippen LogP contribution in [0.15, 0.2) is 34.7 Å². The summed E-state index contributed by atoms with van der Waals surface area (Å²) in [6.07, 6.45) is -0.338. The maximum absolute atomic E-state index is 11.9. The molecule has 0 atom stereocenters. The number of hydrogen-bond donors (Lipinski definition) is 3. The van der Waals surface area contributed by atoms with E-state index in [0.717, 1.165) is 12.1 Å². The van der Waals surface area contributed by atoms with Crippen LogP contribution in [0.3, 0.4) is 0 Å². The van der Waals surface area contributed by atoms with E-state index >= 15 is 0 Å². The van der Waals surface area contributed by atoms with E-state index < -0.39 is 22.7 Å². The third kappa shape index (κ3) is 5.25. The average molecular weight is 393 g/mol. The zero-order valence-corrected chi connectivity index (χ0v) is 15.0. The molecule has 11 heteroatoms. The molecule has 1 aromatic carbocycles. The number of nitrogens with one attached hydrogen (secondary N) is 2. The lowest BCUT2D eigenvalue weighted by molar-refractivity contribution is -0.402. The summed E-state index contributed by atoms with van der Waals surface area (Å²) in [5.41, 5.74) is 0.274. The van der Waals surface area contributed by atoms with Gasteiger partial charge in [-0.2, -0.15) is 0 Å². The van der Waals surface area contributed by atoms with Crippen molar-refractivity contribution >= 4 is 40.8 Å². The van der Waals surface area contributed by atoms with Crippen molar-refractivity contribution in [3.63, 3.8) is 0 Å². The predicted molar refractivity (Wildman–Crippen MR) is 97.7 cm³/mol. The highest BCUT2D eigenvalue weighted by Gasteiger charge is 2.19. The van der Waals surface area contributed by atoms with Gasteiger partial charge in [0.2, 0.25) is 0 Å². The van der Waals surface area contributed by atoms with Gasteiger partial charge in [0.1, 0.15) is 16.2 Å². The molecule has 0 fully saturated rings. The first-order valence-electron chi connectivity index (χ1n) is 7.58. The molecule has 0 aliphatic rings. The second kappa shape index (κ2) is 8.27. The second-order valence-electron chi connectivity index (χ2n) is 5.49. The molecule has 2 aromatic rings. The summed E-state index contributed by atoms with van der Waals surface area (Å²) in [6, 6.07) is 6.19. The van der Waals surface area contributed by atoms with E-state index in [4.69, 9.17) is 21.4 Å². The monoisotopic (exact) mass is 393 g/mol. The van der Waals surface area contributed by atoms with Crippen molar-refractivity contribution in [2.24, 2.45) is 0 Å². The van der Waals surface area contributed by atoms with E-state index in [0.29, 0.717) is 5.69 Å². The lowest BCUT2D eigenvalue weighted by atomic mass is 10.2. The van der Waals surface area contributed by atoms with Crippen LogP contribution in [0.1, 0.15) is 34.8 Å². The minimum Gasteiger partial charge on any atom is -0.507 e. The number of amides is 1. The molecule has 0 spiro atoms. The largest absolute Gasteiger partial charge is 0.507 e. The van der Waals surface area contributed by atoms with Crippen molar-refractivity contribution in [1.82, 2.24) is 5.32 Å². The van der Waals surface area contributed by atoms with Crippen molar-refractivity contribution in [2.45, 2.75) is 20.0 Å². The number of rotatable bonds is 5. The van der Waals surface area contributed by atoms with Crippen molar-refractivity contribution < 1.29 is 28.8 Å². The molecule has 142 valence electrons. The highest BCUT2D eigenvalue weighted by molar-refractivity contribution is 7.80. The number of carbonyl (C=O) groups is 2. The predicted octanol–water partition coefficient (Wildman–Crippen LogP) is 2.59. The molecule has 1 amide bonds. The van der Waals surface area contributed by atoms with E-state index in [2.05, 4.69) is 10.6 Å². The molecule has 0 aliphatic heterocycles. The number of thiocarbonyl (C=S) groups is 1. The molecule has 0 unspecified atom stereocenters. The van der Waals surface area contributed by atoms with Gasteiger partial charge in [0.05, 0.1) is 12.2 Å². The average Bonchev–Trinajstić information content (AvgIpc) is 3.04. The van der Waals surface area contributed by atoms with Gasteiger partial charge in [-0.15, -0.1) is 0 Å². The summed E-state index contributed by atoms with van der Waals surface area (Å²) < 4.78 is 9.76. The molecule has 1 heterocycles. The minimum atomic E-state index is -0.790. The summed E-state index contributed by atoms with van der Waals surface area (Å²) >= 11 is 4.96. The molecule has 27 heavy (non-hydrogen) atoms. The number of ether oxygens (including phenoxy) is 1. The third-order valence-electron chi connectivity index (χ3n) is 3.04. The van der Waals surface area contributed by atoms with Crippen LogP contribution in [0.2, 0.25) is 0 Å². The van der Waals surface area contributed by atoms with Gasteiger partial charge in [-0.3, -0.25) is 20.2 Å². The van der Waals surface area contributed by atoms with Crippen LogP contribution in [0, 0.1) is 10.1 Å². The van der Waals surface area contributed by atoms with Gasteiger partial charge in [0.25, 0.3) is 5.91 Å². The number of carbonyl (C=O) groups excluding carboxylic acids is 2. The Hall–Kier alpha value is -3.47. The third-order valence-corrected chi connectivity index (χ3v) is 3.24. The van der Waals surface area contributed by atoms with E-state index in [1.54, 1.807) is 13.8 Å². The number of benzene rings is 1. The van der Waals surface area contributed by atoms with Crippen LogP contribution < -0.4 is 10.6 Å². The molecule has 2 rings (SSSR count). The SMILES string of the molecule is CC(C)OC(=O)c1ccc(NC(=S)NC(=O)c2ccc([N+](=O)[O-])o2)cc1O. The molecule has 0 saturated heterocycles. The molecule has 3 N–H and O–H groups in total. The standard InChI is InChI=1S/C16H15N3O7S/c1-8(2)25-15(22)10-4-3-9(7-11(10)20)17-16(27)18-14(21)12-5-6-13(26-12)19(23)24/h3-8,20H,1-2H3,(H2,17,18,21,27). The Labute approximate surface area is 158 Å². The topological polar surface area (TPSA) is 144 Å². The Balaban J connectivity index is 2.00. The smallest absolute Gasteiger partial charge is 0.433 e. The van der Waals surface area contributed by atoms with E-state index in [1.807, 2.05) is 0 Å². The zero-order valence-electron chi connectivity index (χ0n) is 14.2. The van der Waals surface area contributed by atoms with Gasteiger partial charge in [0.15, 0.2) is 10.9 Å². The van der Waals surface area contributed by atoms with Gasteiger partial charge in [-0.05, 0) is 44.3 Å². The van der Waals surface area contributed by atoms with Crippen molar-refractivity contribution in [3.05, 3.63) is 51.8 Å². The Bertz CT molecular complexity index is 907. The van der Waals surface area contributed by atoms with Crippen molar-refractivity contribution in [2.75, 3.05) is 5.32 Å². The molecular weight excluding hydrogens is 378 g/mol. The first kappa shape index (κ1) is 19.8. The maximum atomic E-state index is 11.9. The number of nitrogens with zero attached hydrogens (tertiary/aromatic N) is 1. The molecule has 0 radical (unpaired) electrons. The van der Waals surface area contributed by atoms with Crippen LogP contribution in [0.5, 0.6) is 5.75 Å². The highest BCUT2D eigenvalue weighted by atomic mass is 32.1. The van der Waals surface area contributed by atoms with Crippen LogP contribution >= 0.6 is 12.2 Å². The molecule has 1 aromatic heterocycles. The number of hydrogen-bond acceptors (Lipinski definition) is 8. The van der Waals surface area contributed by atoms with Gasteiger partial charge in [0, 0.05) is 11.8 Å². The Morgan fingerprint density at radius 3 is 2.56 bits per heavy atom. The number of anilines is 1. The first-order valence-corrected chi connectivity index (χ1v) is 7.98. The summed E-state index contributed by atoms with van der Waals surface area (Å²) in [4.78, 5) is 33.5. The molecule has 0 bridgehead atoms. The number of furan rings is 1. The fraction of sp³-hybridized carbons (Fsp3) is 0.188. The fourth-order valence-corrected chi connectivity index (χ4v) is 2.15. The molecule has 0 saturated carbocycles. The minimum absolute atomic E-state index is 0.0212. The van der Waals surface area contributed by atoms with Crippen molar-refractivity contribution in [3.8, 4) is 5.75 Å². The summed E-state index contributed by atoms with van der Waals surface area (Å²) in [6.45, 7) is 3.36. The van der Waals surface area contributed by atoms with Gasteiger partial charge >= 0.3 is 11.9 Å². The van der Waals surface area contributed by atoms with Crippen LogP contribution in [0.4, 0.5) is 11.6 Å². The summed E-state index contributed by atoms with van der Waals surface area (Å²) in [7, 11) is 0. The number of phenols is 1. The first-order chi connectivity index (χ1) is 12.7. The molecule has 0 aliphatic carbocycles. The molecule has 10 nitrogen and oxygen atoms in total. The number of esters is 1. The van der Waals surface area contributed by atoms with Crippen LogP contribution in [-0.2, 0) is 4.74 Å². The van der Waals surface area contributed by atoms with Crippen molar-refractivity contribution in [1.29, 1.82) is 0 Å². The Kier molecular flexibility index (Phi) is 6.08. The van der Waals surface area contributed by atoms with Gasteiger partial charge in [-0.1, -0.05) is 0 Å². The second-order valence-corrected chi connectivity index (χ2v) is 5.90. The van der Waals surface area contributed by atoms with Crippen LogP contribution in [-0.4, -0.2) is 33.1 Å². The number of phenolic OH excluding ortho intramolecular Hbond substituents is 1. The number of nitro groups is 1. The van der Waals surface area contributed by atoms with Gasteiger partial charge < -0.3 is 19.6 Å². The normalized spacial score (nSPS) is 10.3. The number of aromatic hydroxyl groups is 1. The Morgan fingerprint density at radius 2 is 2.00 bits per heavy atom. The lowest BCUT2D eigenvalue weighted by Crippen LogP contribution is -2.33. The molecular formula is C16H15N3O7S. The fourth-order valence-electron chi connectivity index (χ4n) is 1.93. The summed E-state index contributed by atoms with van der Waals surface area (Å²) in [5.74, 6) is -2.67. The summed E-state index contributed by atoms with van der Waals surface area (Å²) in [5, 5.41) is 25.3. The van der Waals surface area contributed by atoms with Crippen LogP contribution in [0.25, 0.3) is 0 Å². The van der Waals surface area contributed by atoms with E-state index in [-0.39, 0.29) is 28.3 Å². The van der Waals surface area contributed by atoms with E-state index in [9.17, 15) is 24.8 Å². The quantitative estimate of drug-likeness (QED) is 0.302. The highest BCUT2D eigenvalue weighted by Crippen LogP contribution is 2.23. The Morgan fingerprint density at radius 1 is 1.30 bits per heavy atom.